The Labute approximate surface area is 174 Å². The van der Waals surface area contributed by atoms with Crippen molar-refractivity contribution in [3.63, 3.8) is 0 Å². The zero-order valence-corrected chi connectivity index (χ0v) is 16.8. The highest BCUT2D eigenvalue weighted by Gasteiger charge is 2.15. The summed E-state index contributed by atoms with van der Waals surface area (Å²) in [6.45, 7) is 2.73. The number of hydrogen-bond donors (Lipinski definition) is 2. The van der Waals surface area contributed by atoms with Gasteiger partial charge in [-0.15, -0.1) is 0 Å². The van der Waals surface area contributed by atoms with E-state index >= 15 is 0 Å². The van der Waals surface area contributed by atoms with Gasteiger partial charge < -0.3 is 15.4 Å². The van der Waals surface area contributed by atoms with Crippen LogP contribution < -0.4 is 15.4 Å². The van der Waals surface area contributed by atoms with E-state index in [-0.39, 0.29) is 17.4 Å². The van der Waals surface area contributed by atoms with E-state index in [1.807, 2.05) is 42.5 Å². The van der Waals surface area contributed by atoms with Crippen molar-refractivity contribution in [2.24, 2.45) is 0 Å². The summed E-state index contributed by atoms with van der Waals surface area (Å²) in [5, 5.41) is 5.25. The van der Waals surface area contributed by atoms with Crippen molar-refractivity contribution in [1.29, 1.82) is 0 Å². The zero-order valence-electron chi connectivity index (χ0n) is 16.8. The molecule has 0 spiro atoms. The summed E-state index contributed by atoms with van der Waals surface area (Å²) in [4.78, 5) is 35.7. The Morgan fingerprint density at radius 1 is 0.767 bits per heavy atom. The van der Waals surface area contributed by atoms with Gasteiger partial charge in [0, 0.05) is 31.6 Å². The van der Waals surface area contributed by atoms with Crippen molar-refractivity contribution in [3.05, 3.63) is 89.5 Å². The zero-order chi connectivity index (χ0) is 21.5. The second kappa shape index (κ2) is 9.52. The number of esters is 1. The van der Waals surface area contributed by atoms with Gasteiger partial charge in [0.15, 0.2) is 0 Å². The Morgan fingerprint density at radius 3 is 1.93 bits per heavy atom. The average molecular weight is 402 g/mol. The molecule has 0 saturated heterocycles. The maximum absolute atomic E-state index is 12.8. The quantitative estimate of drug-likeness (QED) is 0.472. The van der Waals surface area contributed by atoms with Crippen LogP contribution in [0.1, 0.15) is 35.3 Å². The van der Waals surface area contributed by atoms with E-state index in [9.17, 15) is 14.4 Å². The monoisotopic (exact) mass is 402 g/mol. The molecule has 2 amide bonds. The second-order valence-electron chi connectivity index (χ2n) is 6.82. The molecule has 0 aliphatic rings. The predicted molar refractivity (Wildman–Crippen MR) is 116 cm³/mol. The van der Waals surface area contributed by atoms with E-state index < -0.39 is 5.97 Å². The SMILES string of the molecule is CC(=O)Nc1cc(NC(C)=O)cc(C(=O)Oc2ccccc2Cc2ccccc2)c1. The highest BCUT2D eigenvalue weighted by atomic mass is 16.5. The minimum Gasteiger partial charge on any atom is -0.423 e. The summed E-state index contributed by atoms with van der Waals surface area (Å²) in [5.74, 6) is -0.711. The maximum Gasteiger partial charge on any atom is 0.343 e. The summed E-state index contributed by atoms with van der Waals surface area (Å²) >= 11 is 0. The molecule has 2 N–H and O–H groups in total. The number of benzene rings is 3. The van der Waals surface area contributed by atoms with Gasteiger partial charge in [-0.05, 0) is 35.4 Å². The molecule has 0 radical (unpaired) electrons. The van der Waals surface area contributed by atoms with Gasteiger partial charge in [-0.3, -0.25) is 9.59 Å². The van der Waals surface area contributed by atoms with Gasteiger partial charge in [-0.25, -0.2) is 4.79 Å². The number of amides is 2. The Hall–Kier alpha value is -3.93. The first-order valence-electron chi connectivity index (χ1n) is 9.45. The lowest BCUT2D eigenvalue weighted by Crippen LogP contribution is -2.14. The van der Waals surface area contributed by atoms with E-state index in [1.165, 1.54) is 26.0 Å². The molecule has 0 bridgehead atoms. The third-order valence-corrected chi connectivity index (χ3v) is 4.22. The summed E-state index contributed by atoms with van der Waals surface area (Å²) in [6.07, 6.45) is 0.618. The van der Waals surface area contributed by atoms with E-state index in [2.05, 4.69) is 10.6 Å². The molecule has 0 fully saturated rings. The molecule has 0 aliphatic heterocycles. The highest BCUT2D eigenvalue weighted by molar-refractivity contribution is 5.98. The molecule has 152 valence electrons. The summed E-state index contributed by atoms with van der Waals surface area (Å²) in [6, 6.07) is 21.8. The Bertz CT molecular complexity index is 1040. The average Bonchev–Trinajstić information content (AvgIpc) is 2.69. The van der Waals surface area contributed by atoms with Gasteiger partial charge in [0.1, 0.15) is 5.75 Å². The van der Waals surface area contributed by atoms with Crippen molar-refractivity contribution in [1.82, 2.24) is 0 Å². The molecule has 0 atom stereocenters. The number of hydrogen-bond acceptors (Lipinski definition) is 4. The van der Waals surface area contributed by atoms with Gasteiger partial charge in [-0.1, -0.05) is 48.5 Å². The number of rotatable bonds is 6. The van der Waals surface area contributed by atoms with Crippen molar-refractivity contribution >= 4 is 29.2 Å². The smallest absolute Gasteiger partial charge is 0.343 e. The lowest BCUT2D eigenvalue weighted by Gasteiger charge is -2.13. The molecule has 0 aliphatic carbocycles. The number of carbonyl (C=O) groups is 3. The fraction of sp³-hybridized carbons (Fsp3) is 0.125. The van der Waals surface area contributed by atoms with Crippen LogP contribution in [0.3, 0.4) is 0 Å². The van der Waals surface area contributed by atoms with Crippen molar-refractivity contribution in [2.45, 2.75) is 20.3 Å². The highest BCUT2D eigenvalue weighted by Crippen LogP contribution is 2.25. The van der Waals surface area contributed by atoms with Crippen LogP contribution in [-0.2, 0) is 16.0 Å². The van der Waals surface area contributed by atoms with Crippen LogP contribution in [0.25, 0.3) is 0 Å². The lowest BCUT2D eigenvalue weighted by molar-refractivity contribution is -0.115. The number of anilines is 2. The molecule has 30 heavy (non-hydrogen) atoms. The van der Waals surface area contributed by atoms with Crippen molar-refractivity contribution < 1.29 is 19.1 Å². The fourth-order valence-corrected chi connectivity index (χ4v) is 3.02. The van der Waals surface area contributed by atoms with Crippen molar-refractivity contribution in [3.8, 4) is 5.75 Å². The summed E-state index contributed by atoms with van der Waals surface area (Å²) in [5.41, 5.74) is 2.95. The van der Waals surface area contributed by atoms with Crippen LogP contribution in [-0.4, -0.2) is 17.8 Å². The van der Waals surface area contributed by atoms with Crippen LogP contribution >= 0.6 is 0 Å². The Kier molecular flexibility index (Phi) is 6.60. The Balaban J connectivity index is 1.87. The minimum atomic E-state index is -0.589. The van der Waals surface area contributed by atoms with Crippen LogP contribution in [0.4, 0.5) is 11.4 Å². The molecular formula is C24H22N2O4. The summed E-state index contributed by atoms with van der Waals surface area (Å²) < 4.78 is 5.66. The first-order valence-corrected chi connectivity index (χ1v) is 9.45. The number of ether oxygens (including phenoxy) is 1. The van der Waals surface area contributed by atoms with Crippen LogP contribution in [0, 0.1) is 0 Å². The van der Waals surface area contributed by atoms with Crippen LogP contribution in [0.5, 0.6) is 5.75 Å². The van der Waals surface area contributed by atoms with Gasteiger partial charge in [0.25, 0.3) is 0 Å². The first kappa shape index (κ1) is 20.8. The number of nitrogens with one attached hydrogen (secondary N) is 2. The van der Waals surface area contributed by atoms with Crippen LogP contribution in [0.15, 0.2) is 72.8 Å². The Morgan fingerprint density at radius 2 is 1.33 bits per heavy atom. The molecule has 6 heteroatoms. The molecule has 0 heterocycles. The van der Waals surface area contributed by atoms with Crippen LogP contribution in [0.2, 0.25) is 0 Å². The second-order valence-corrected chi connectivity index (χ2v) is 6.82. The third-order valence-electron chi connectivity index (χ3n) is 4.22. The molecular weight excluding hydrogens is 380 g/mol. The molecule has 0 aromatic heterocycles. The van der Waals surface area contributed by atoms with Crippen molar-refractivity contribution in [2.75, 3.05) is 10.6 Å². The van der Waals surface area contributed by atoms with Gasteiger partial charge >= 0.3 is 5.97 Å². The van der Waals surface area contributed by atoms with E-state index in [0.717, 1.165) is 11.1 Å². The normalized spacial score (nSPS) is 10.2. The number of carbonyl (C=O) groups excluding carboxylic acids is 3. The summed E-state index contributed by atoms with van der Waals surface area (Å²) in [7, 11) is 0. The molecule has 3 rings (SSSR count). The fourth-order valence-electron chi connectivity index (χ4n) is 3.02. The van der Waals surface area contributed by atoms with Gasteiger partial charge in [-0.2, -0.15) is 0 Å². The third kappa shape index (κ3) is 5.78. The van der Waals surface area contributed by atoms with E-state index in [4.69, 9.17) is 4.74 Å². The molecule has 6 nitrogen and oxygen atoms in total. The minimum absolute atomic E-state index is 0.208. The molecule has 3 aromatic rings. The maximum atomic E-state index is 12.8. The molecule has 0 saturated carbocycles. The lowest BCUT2D eigenvalue weighted by atomic mass is 10.0. The topological polar surface area (TPSA) is 84.5 Å². The predicted octanol–water partition coefficient (Wildman–Crippen LogP) is 4.41. The molecule has 0 unspecified atom stereocenters. The number of para-hydroxylation sites is 1. The standard InChI is InChI=1S/C24H22N2O4/c1-16(27)25-21-13-20(14-22(15-21)26-17(2)28)24(29)30-23-11-7-6-10-19(23)12-18-8-4-3-5-9-18/h3-11,13-15H,12H2,1-2H3,(H,25,27)(H,26,28). The first-order chi connectivity index (χ1) is 14.4. The molecule has 3 aromatic carbocycles. The van der Waals surface area contributed by atoms with Gasteiger partial charge in [0.05, 0.1) is 5.56 Å². The van der Waals surface area contributed by atoms with E-state index in [0.29, 0.717) is 23.5 Å². The largest absolute Gasteiger partial charge is 0.423 e. The van der Waals surface area contributed by atoms with Gasteiger partial charge in [0.2, 0.25) is 11.8 Å². The van der Waals surface area contributed by atoms with E-state index in [1.54, 1.807) is 18.2 Å².